The van der Waals surface area contributed by atoms with Gasteiger partial charge in [-0.25, -0.2) is 0 Å². The number of likely N-dealkylation sites (tertiary alicyclic amines) is 1. The minimum atomic E-state index is -1.34. The maximum atomic E-state index is 14.0. The van der Waals surface area contributed by atoms with Crippen LogP contribution in [0.25, 0.3) is 0 Å². The lowest BCUT2D eigenvalue weighted by atomic mass is 9.76. The Morgan fingerprint density at radius 2 is 1.67 bits per heavy atom. The molecule has 0 bridgehead atoms. The Kier molecular flexibility index (Phi) is 5.08. The van der Waals surface area contributed by atoms with E-state index in [1.165, 1.54) is 4.90 Å². The zero-order valence-electron chi connectivity index (χ0n) is 19.6. The topological polar surface area (TPSA) is 108 Å². The minimum Gasteiger partial charge on any atom is -0.508 e. The molecular weight excluding hydrogens is 458 g/mol. The van der Waals surface area contributed by atoms with E-state index in [4.69, 9.17) is 4.74 Å². The van der Waals surface area contributed by atoms with Crippen molar-refractivity contribution in [2.45, 2.75) is 24.5 Å². The van der Waals surface area contributed by atoms with Crippen molar-refractivity contribution in [3.63, 3.8) is 0 Å². The van der Waals surface area contributed by atoms with Gasteiger partial charge in [0, 0.05) is 22.9 Å². The molecule has 182 valence electrons. The summed E-state index contributed by atoms with van der Waals surface area (Å²) in [4.78, 5) is 42.7. The molecule has 3 heterocycles. The molecule has 3 aromatic rings. The maximum absolute atomic E-state index is 14.0. The minimum absolute atomic E-state index is 0.0694. The van der Waals surface area contributed by atoms with Crippen LogP contribution < -0.4 is 15.4 Å². The quantitative estimate of drug-likeness (QED) is 0.482. The van der Waals surface area contributed by atoms with Gasteiger partial charge in [0.05, 0.1) is 25.5 Å². The van der Waals surface area contributed by atoms with E-state index in [-0.39, 0.29) is 30.0 Å². The molecule has 3 aromatic carbocycles. The van der Waals surface area contributed by atoms with Crippen LogP contribution >= 0.6 is 0 Å². The van der Waals surface area contributed by atoms with Gasteiger partial charge in [-0.3, -0.25) is 24.6 Å². The lowest BCUT2D eigenvalue weighted by Crippen LogP contribution is -2.53. The number of hydrogen-bond donors (Lipinski definition) is 3. The van der Waals surface area contributed by atoms with Gasteiger partial charge in [-0.05, 0) is 36.2 Å². The summed E-state index contributed by atoms with van der Waals surface area (Å²) in [5.41, 5.74) is 1.58. The first-order valence-corrected chi connectivity index (χ1v) is 11.9. The number of nitrogens with one attached hydrogen (secondary N) is 2. The molecule has 0 aliphatic carbocycles. The second-order valence-corrected chi connectivity index (χ2v) is 9.51. The maximum Gasteiger partial charge on any atom is 0.250 e. The molecule has 3 aliphatic rings. The second kappa shape index (κ2) is 8.20. The highest BCUT2D eigenvalue weighted by molar-refractivity contribution is 6.15. The zero-order valence-corrected chi connectivity index (χ0v) is 19.6. The lowest BCUT2D eigenvalue weighted by Gasteiger charge is -2.29. The summed E-state index contributed by atoms with van der Waals surface area (Å²) in [5, 5.41) is 16.0. The molecule has 0 radical (unpaired) electrons. The summed E-state index contributed by atoms with van der Waals surface area (Å²) in [6, 6.07) is 20.9. The summed E-state index contributed by atoms with van der Waals surface area (Å²) in [5.74, 6) is -1.88. The molecule has 8 nitrogen and oxygen atoms in total. The second-order valence-electron chi connectivity index (χ2n) is 9.51. The molecule has 3 amide bonds. The third-order valence-electron chi connectivity index (χ3n) is 7.63. The van der Waals surface area contributed by atoms with E-state index in [9.17, 15) is 19.5 Å². The molecule has 1 spiro atoms. The predicted molar refractivity (Wildman–Crippen MR) is 131 cm³/mol. The Labute approximate surface area is 207 Å². The van der Waals surface area contributed by atoms with Crippen molar-refractivity contribution in [1.29, 1.82) is 0 Å². The highest BCUT2D eigenvalue weighted by Gasteiger charge is 2.70. The van der Waals surface area contributed by atoms with Crippen LogP contribution in [0.1, 0.15) is 16.7 Å². The first-order chi connectivity index (χ1) is 17.4. The Balaban J connectivity index is 1.43. The fourth-order valence-corrected chi connectivity index (χ4v) is 6.04. The normalized spacial score (nSPS) is 26.3. The number of rotatable bonds is 5. The van der Waals surface area contributed by atoms with Gasteiger partial charge >= 0.3 is 0 Å². The van der Waals surface area contributed by atoms with Crippen molar-refractivity contribution in [3.8, 4) is 11.5 Å². The van der Waals surface area contributed by atoms with Crippen LogP contribution in [-0.4, -0.2) is 40.9 Å². The number of fused-ring (bicyclic) bond motifs is 4. The molecule has 3 aliphatic heterocycles. The Morgan fingerprint density at radius 1 is 0.944 bits per heavy atom. The number of aromatic hydroxyl groups is 1. The number of benzene rings is 3. The molecule has 2 fully saturated rings. The fraction of sp³-hybridized carbons (Fsp3) is 0.250. The number of ether oxygens (including phenoxy) is 1. The van der Waals surface area contributed by atoms with Crippen LogP contribution in [0, 0.1) is 11.8 Å². The van der Waals surface area contributed by atoms with Crippen molar-refractivity contribution in [2.75, 3.05) is 12.4 Å². The van der Waals surface area contributed by atoms with Gasteiger partial charge < -0.3 is 15.2 Å². The van der Waals surface area contributed by atoms with E-state index in [0.717, 1.165) is 11.1 Å². The number of carbonyl (C=O) groups excluding carboxylic acids is 3. The number of hydrogen-bond acceptors (Lipinski definition) is 6. The van der Waals surface area contributed by atoms with E-state index >= 15 is 0 Å². The predicted octanol–water partition coefficient (Wildman–Crippen LogP) is 2.56. The van der Waals surface area contributed by atoms with Crippen LogP contribution in [0.4, 0.5) is 5.69 Å². The molecule has 2 saturated heterocycles. The van der Waals surface area contributed by atoms with Gasteiger partial charge in [0.15, 0.2) is 0 Å². The van der Waals surface area contributed by atoms with Gasteiger partial charge in [0.2, 0.25) is 17.7 Å². The van der Waals surface area contributed by atoms with Gasteiger partial charge in [0.25, 0.3) is 0 Å². The van der Waals surface area contributed by atoms with Crippen molar-refractivity contribution in [1.82, 2.24) is 10.2 Å². The number of phenolic OH excluding ortho intramolecular Hbond substituents is 1. The molecular formula is C28H25N3O5. The molecule has 0 saturated carbocycles. The lowest BCUT2D eigenvalue weighted by molar-refractivity contribution is -0.143. The van der Waals surface area contributed by atoms with E-state index in [0.29, 0.717) is 23.4 Å². The van der Waals surface area contributed by atoms with Gasteiger partial charge in [-0.2, -0.15) is 0 Å². The number of nitrogens with zero attached hydrogens (tertiary/aromatic N) is 1. The van der Waals surface area contributed by atoms with E-state index in [1.807, 2.05) is 36.4 Å². The zero-order chi connectivity index (χ0) is 25.0. The summed E-state index contributed by atoms with van der Waals surface area (Å²) in [6.45, 7) is 0.0694. The third-order valence-corrected chi connectivity index (χ3v) is 7.63. The van der Waals surface area contributed by atoms with Gasteiger partial charge in [-0.1, -0.05) is 48.5 Å². The number of methoxy groups -OCH3 is 1. The monoisotopic (exact) mass is 483 g/mol. The number of amides is 3. The number of phenols is 1. The van der Waals surface area contributed by atoms with Crippen LogP contribution in [-0.2, 0) is 32.9 Å². The average molecular weight is 484 g/mol. The van der Waals surface area contributed by atoms with Crippen molar-refractivity contribution < 1.29 is 24.2 Å². The van der Waals surface area contributed by atoms with E-state index in [1.54, 1.807) is 43.5 Å². The Bertz CT molecular complexity index is 1390. The van der Waals surface area contributed by atoms with Crippen molar-refractivity contribution in [2.24, 2.45) is 11.8 Å². The number of para-hydroxylation sites is 2. The molecule has 8 heteroatoms. The number of carbonyl (C=O) groups is 3. The summed E-state index contributed by atoms with van der Waals surface area (Å²) < 4.78 is 5.44. The van der Waals surface area contributed by atoms with E-state index < -0.39 is 23.4 Å². The Morgan fingerprint density at radius 3 is 2.44 bits per heavy atom. The van der Waals surface area contributed by atoms with Gasteiger partial charge in [-0.15, -0.1) is 0 Å². The summed E-state index contributed by atoms with van der Waals surface area (Å²) in [7, 11) is 1.55. The highest BCUT2D eigenvalue weighted by atomic mass is 16.5. The Hall–Kier alpha value is -4.17. The molecule has 3 N–H and O–H groups in total. The highest BCUT2D eigenvalue weighted by Crippen LogP contribution is 2.53. The average Bonchev–Trinajstić information content (AvgIpc) is 3.46. The molecule has 4 atom stereocenters. The standard InChI is InChI=1S/C28H25N3O5/c1-36-22-9-5-2-6-17(22)15-31-25(33)23-21(14-16-10-12-18(32)13-11-16)30-28(24(23)26(31)34)19-7-3-4-8-20(19)29-27(28)35/h2-13,21,23-24,30,32H,14-15H2,1H3,(H,29,35)/t21-,23+,24+,28-/m1/s1. The van der Waals surface area contributed by atoms with Crippen LogP contribution in [0.5, 0.6) is 11.5 Å². The number of anilines is 1. The first kappa shape index (κ1) is 22.3. The number of imide groups is 1. The molecule has 0 unspecified atom stereocenters. The molecule has 36 heavy (non-hydrogen) atoms. The third kappa shape index (κ3) is 3.14. The van der Waals surface area contributed by atoms with Crippen LogP contribution in [0.3, 0.4) is 0 Å². The van der Waals surface area contributed by atoms with E-state index in [2.05, 4.69) is 10.6 Å². The van der Waals surface area contributed by atoms with Crippen LogP contribution in [0.2, 0.25) is 0 Å². The summed E-state index contributed by atoms with van der Waals surface area (Å²) in [6.07, 6.45) is 0.417. The first-order valence-electron chi connectivity index (χ1n) is 11.9. The largest absolute Gasteiger partial charge is 0.508 e. The van der Waals surface area contributed by atoms with Gasteiger partial charge in [0.1, 0.15) is 17.0 Å². The van der Waals surface area contributed by atoms with Crippen LogP contribution in [0.15, 0.2) is 72.8 Å². The van der Waals surface area contributed by atoms with Crippen molar-refractivity contribution in [3.05, 3.63) is 89.5 Å². The molecule has 0 aromatic heterocycles. The fourth-order valence-electron chi connectivity index (χ4n) is 6.04. The smallest absolute Gasteiger partial charge is 0.250 e. The SMILES string of the molecule is COc1ccccc1CN1C(=O)[C@@H]2[C@@H](C1=O)[C@@]1(N[C@@H]2Cc2ccc(O)cc2)C(=O)Nc2ccccc21. The van der Waals surface area contributed by atoms with Crippen molar-refractivity contribution >= 4 is 23.4 Å². The summed E-state index contributed by atoms with van der Waals surface area (Å²) >= 11 is 0. The molecule has 6 rings (SSSR count).